The van der Waals surface area contributed by atoms with Crippen LogP contribution in [0.1, 0.15) is 6.92 Å². The van der Waals surface area contributed by atoms with Gasteiger partial charge in [0.2, 0.25) is 5.91 Å². The molecule has 0 saturated heterocycles. The maximum Gasteiger partial charge on any atom is 0.331 e. The molecule has 1 heterocycles. The Labute approximate surface area is 197 Å². The number of fused-ring (bicyclic) bond motifs is 1. The molecule has 0 radical (unpaired) electrons. The molecule has 0 aliphatic carbocycles. The van der Waals surface area contributed by atoms with Crippen LogP contribution in [0.5, 0.6) is 0 Å². The molecule has 142 valence electrons. The van der Waals surface area contributed by atoms with Gasteiger partial charge >= 0.3 is 6.85 Å². The molecule has 4 rings (SSSR count). The number of amides is 1. The van der Waals surface area contributed by atoms with Gasteiger partial charge in [0.25, 0.3) is 0 Å². The third kappa shape index (κ3) is 4.33. The van der Waals surface area contributed by atoms with E-state index >= 15 is 0 Å². The number of hydrogen-bond donors (Lipinski definition) is 0. The second-order valence-corrected chi connectivity index (χ2v) is 9.24. The van der Waals surface area contributed by atoms with E-state index in [1.165, 1.54) is 0 Å². The van der Waals surface area contributed by atoms with Crippen LogP contribution in [0.3, 0.4) is 0 Å². The first-order valence-corrected chi connectivity index (χ1v) is 11.3. The van der Waals surface area contributed by atoms with Crippen molar-refractivity contribution >= 4 is 85.5 Å². The molecule has 4 aromatic rings. The van der Waals surface area contributed by atoms with E-state index in [2.05, 4.69) is 98.7 Å². The Bertz CT molecular complexity index is 1110. The Morgan fingerprint density at radius 1 is 0.828 bits per heavy atom. The van der Waals surface area contributed by atoms with E-state index in [0.29, 0.717) is 0 Å². The maximum atomic E-state index is 13.0. The number of hydrogen-bond acceptors (Lipinski definition) is 2. The largest absolute Gasteiger partial charge is 0.346 e. The number of rotatable bonds is 4. The van der Waals surface area contributed by atoms with Gasteiger partial charge in [0.15, 0.2) is 0 Å². The van der Waals surface area contributed by atoms with Gasteiger partial charge in [-0.2, -0.15) is 0 Å². The van der Waals surface area contributed by atoms with Crippen LogP contribution >= 0.6 is 45.2 Å². The lowest BCUT2D eigenvalue weighted by Crippen LogP contribution is -2.58. The van der Waals surface area contributed by atoms with E-state index in [4.69, 9.17) is 0 Å². The summed E-state index contributed by atoms with van der Waals surface area (Å²) in [4.78, 5) is 19.5. The molecular formula is C23H17BI2N2O. The number of carbonyl (C=O) groups is 1. The molecule has 0 bridgehead atoms. The Balaban J connectivity index is 1.95. The molecule has 29 heavy (non-hydrogen) atoms. The molecule has 3 aromatic carbocycles. The first-order valence-electron chi connectivity index (χ1n) is 9.19. The van der Waals surface area contributed by atoms with Crippen molar-refractivity contribution in [3.63, 3.8) is 0 Å². The van der Waals surface area contributed by atoms with Crippen LogP contribution in [-0.4, -0.2) is 17.7 Å². The average molecular weight is 602 g/mol. The van der Waals surface area contributed by atoms with Gasteiger partial charge in [0, 0.05) is 25.6 Å². The van der Waals surface area contributed by atoms with Crippen LogP contribution in [0.2, 0.25) is 0 Å². The first kappa shape index (κ1) is 20.3. The number of anilines is 1. The van der Waals surface area contributed by atoms with Crippen LogP contribution in [0.25, 0.3) is 10.9 Å². The number of halogens is 2. The molecule has 0 N–H and O–H groups in total. The van der Waals surface area contributed by atoms with Crippen molar-refractivity contribution in [2.75, 3.05) is 4.81 Å². The van der Waals surface area contributed by atoms with Gasteiger partial charge < -0.3 is 4.81 Å². The van der Waals surface area contributed by atoms with Gasteiger partial charge in [-0.1, -0.05) is 53.4 Å². The third-order valence-corrected chi connectivity index (χ3v) is 6.28. The molecule has 1 amide bonds. The zero-order valence-corrected chi connectivity index (χ0v) is 20.0. The molecule has 3 nitrogen and oxygen atoms in total. The highest BCUT2D eigenvalue weighted by Gasteiger charge is 2.32. The number of nitrogens with zero attached hydrogens (tertiary/aromatic N) is 2. The monoisotopic (exact) mass is 602 g/mol. The Morgan fingerprint density at radius 3 is 1.93 bits per heavy atom. The molecule has 0 unspecified atom stereocenters. The summed E-state index contributed by atoms with van der Waals surface area (Å²) < 4.78 is 2.32. The fraction of sp³-hybridized carbons (Fsp3) is 0.0435. The van der Waals surface area contributed by atoms with Crippen molar-refractivity contribution in [2.45, 2.75) is 6.92 Å². The lowest BCUT2D eigenvalue weighted by atomic mass is 9.49. The first-order chi connectivity index (χ1) is 14.0. The normalized spacial score (nSPS) is 10.7. The summed E-state index contributed by atoms with van der Waals surface area (Å²) in [5.74, 6) is -0.0229. The van der Waals surface area contributed by atoms with Gasteiger partial charge in [-0.3, -0.25) is 9.78 Å². The molecule has 0 aliphatic heterocycles. The predicted molar refractivity (Wildman–Crippen MR) is 138 cm³/mol. The average Bonchev–Trinajstić information content (AvgIpc) is 2.73. The summed E-state index contributed by atoms with van der Waals surface area (Å²) in [6.07, 6.45) is 1.77. The van der Waals surface area contributed by atoms with Gasteiger partial charge in [-0.25, -0.2) is 0 Å². The second-order valence-electron chi connectivity index (χ2n) is 6.75. The molecule has 0 spiro atoms. The van der Waals surface area contributed by atoms with Crippen LogP contribution in [0.15, 0.2) is 85.1 Å². The molecule has 1 aromatic heterocycles. The lowest BCUT2D eigenvalue weighted by molar-refractivity contribution is -0.115. The van der Waals surface area contributed by atoms with Crippen LogP contribution in [0, 0.1) is 7.14 Å². The summed E-state index contributed by atoms with van der Waals surface area (Å²) in [5, 5.41) is 1.01. The predicted octanol–water partition coefficient (Wildman–Crippen LogP) is 4.60. The van der Waals surface area contributed by atoms with E-state index < -0.39 is 0 Å². The molecule has 0 saturated carbocycles. The highest BCUT2D eigenvalue weighted by Crippen LogP contribution is 2.26. The summed E-state index contributed by atoms with van der Waals surface area (Å²) in [6.45, 7) is 1.38. The topological polar surface area (TPSA) is 33.2 Å². The standard InChI is InChI=1S/C23H17BI2N2O/c1-16(29)28(22-6-2-4-17-5-3-15-27-23(17)22)24(18-7-11-20(25)12-8-18)19-9-13-21(26)14-10-19/h2-15H,1H3. The third-order valence-electron chi connectivity index (χ3n) is 4.84. The van der Waals surface area contributed by atoms with Crippen molar-refractivity contribution in [3.05, 3.63) is 92.2 Å². The maximum absolute atomic E-state index is 13.0. The minimum absolute atomic E-state index is 0.0229. The van der Waals surface area contributed by atoms with Crippen molar-refractivity contribution in [3.8, 4) is 0 Å². The Hall–Kier alpha value is -1.94. The lowest BCUT2D eigenvalue weighted by Gasteiger charge is -2.30. The van der Waals surface area contributed by atoms with E-state index in [1.54, 1.807) is 13.1 Å². The minimum atomic E-state index is -0.242. The smallest absolute Gasteiger partial charge is 0.331 e. The van der Waals surface area contributed by atoms with Gasteiger partial charge in [0.05, 0.1) is 11.2 Å². The fourth-order valence-electron chi connectivity index (χ4n) is 3.55. The molecule has 6 heteroatoms. The second kappa shape index (κ2) is 8.83. The minimum Gasteiger partial charge on any atom is -0.346 e. The Kier molecular flexibility index (Phi) is 6.19. The van der Waals surface area contributed by atoms with E-state index in [1.807, 2.05) is 35.1 Å². The highest BCUT2D eigenvalue weighted by atomic mass is 127. The molecule has 0 fully saturated rings. The van der Waals surface area contributed by atoms with Gasteiger partial charge in [-0.15, -0.1) is 0 Å². The van der Waals surface area contributed by atoms with Crippen LogP contribution in [0.4, 0.5) is 5.69 Å². The molecular weight excluding hydrogens is 585 g/mol. The number of para-hydroxylation sites is 1. The number of aromatic nitrogens is 1. The summed E-state index contributed by atoms with van der Waals surface area (Å²) in [6, 6.07) is 26.6. The number of benzene rings is 3. The van der Waals surface area contributed by atoms with E-state index in [-0.39, 0.29) is 12.8 Å². The van der Waals surface area contributed by atoms with Crippen molar-refractivity contribution in [1.29, 1.82) is 0 Å². The van der Waals surface area contributed by atoms with E-state index in [0.717, 1.165) is 34.7 Å². The van der Waals surface area contributed by atoms with Gasteiger partial charge in [-0.05, 0) is 81.6 Å². The van der Waals surface area contributed by atoms with Gasteiger partial charge in [0.1, 0.15) is 0 Å². The number of pyridine rings is 1. The van der Waals surface area contributed by atoms with Crippen molar-refractivity contribution < 1.29 is 4.79 Å². The SMILES string of the molecule is CC(=O)N(B(c1ccc(I)cc1)c1ccc(I)cc1)c1cccc2cccnc12. The highest BCUT2D eigenvalue weighted by molar-refractivity contribution is 14.1. The number of carbonyl (C=O) groups excluding carboxylic acids is 1. The zero-order valence-electron chi connectivity index (χ0n) is 15.7. The summed E-state index contributed by atoms with van der Waals surface area (Å²) in [7, 11) is 0. The van der Waals surface area contributed by atoms with Crippen molar-refractivity contribution in [2.24, 2.45) is 0 Å². The molecule has 0 atom stereocenters. The summed E-state index contributed by atoms with van der Waals surface area (Å²) in [5.41, 5.74) is 3.77. The van der Waals surface area contributed by atoms with E-state index in [9.17, 15) is 4.79 Å². The fourth-order valence-corrected chi connectivity index (χ4v) is 4.27. The van der Waals surface area contributed by atoms with Crippen LogP contribution in [-0.2, 0) is 4.79 Å². The summed E-state index contributed by atoms with van der Waals surface area (Å²) >= 11 is 4.60. The van der Waals surface area contributed by atoms with Crippen LogP contribution < -0.4 is 15.7 Å². The quantitative estimate of drug-likeness (QED) is 0.253. The van der Waals surface area contributed by atoms with Crippen molar-refractivity contribution in [1.82, 2.24) is 4.98 Å². The zero-order chi connectivity index (χ0) is 20.4. The Morgan fingerprint density at radius 2 is 1.38 bits per heavy atom. The molecule has 0 aliphatic rings.